The van der Waals surface area contributed by atoms with Gasteiger partial charge in [0.1, 0.15) is 0 Å². The first kappa shape index (κ1) is 19.7. The van der Waals surface area contributed by atoms with Gasteiger partial charge in [-0.05, 0) is 29.7 Å². The number of esters is 1. The third-order valence-electron chi connectivity index (χ3n) is 4.53. The van der Waals surface area contributed by atoms with Crippen LogP contribution in [0.5, 0.6) is 0 Å². The van der Waals surface area contributed by atoms with Crippen molar-refractivity contribution in [2.45, 2.75) is 25.7 Å². The smallest absolute Gasteiger partial charge is 0.416 e. The van der Waals surface area contributed by atoms with Gasteiger partial charge in [-0.25, -0.2) is 0 Å². The Kier molecular flexibility index (Phi) is 5.26. The highest BCUT2D eigenvalue weighted by Gasteiger charge is 2.30. The highest BCUT2D eigenvalue weighted by atomic mass is 19.4. The van der Waals surface area contributed by atoms with Crippen molar-refractivity contribution in [3.8, 4) is 11.4 Å². The maximum atomic E-state index is 12.6. The normalized spacial score (nSPS) is 11.7. The highest BCUT2D eigenvalue weighted by Crippen LogP contribution is 2.30. The fraction of sp³-hybridized carbons (Fsp3) is 0.190. The molecule has 0 saturated carbocycles. The van der Waals surface area contributed by atoms with Gasteiger partial charge in [0.25, 0.3) is 5.89 Å². The minimum Gasteiger partial charge on any atom is -0.456 e. The summed E-state index contributed by atoms with van der Waals surface area (Å²) in [5.41, 5.74) is 0.631. The van der Waals surface area contributed by atoms with Crippen molar-refractivity contribution in [2.24, 2.45) is 0 Å². The molecule has 0 fully saturated rings. The number of aromatic nitrogens is 3. The number of para-hydroxylation sites is 1. The number of halogens is 3. The molecule has 2 aromatic carbocycles. The summed E-state index contributed by atoms with van der Waals surface area (Å²) in [6.07, 6.45) is -2.34. The largest absolute Gasteiger partial charge is 0.456 e. The fourth-order valence-corrected chi connectivity index (χ4v) is 3.00. The molecule has 0 radical (unpaired) electrons. The molecule has 6 nitrogen and oxygen atoms in total. The Morgan fingerprint density at radius 1 is 1.07 bits per heavy atom. The average molecular weight is 415 g/mol. The van der Waals surface area contributed by atoms with Gasteiger partial charge in [-0.15, -0.1) is 0 Å². The molecule has 2 heterocycles. The van der Waals surface area contributed by atoms with Crippen molar-refractivity contribution in [3.63, 3.8) is 0 Å². The van der Waals surface area contributed by atoms with Crippen molar-refractivity contribution in [2.75, 3.05) is 0 Å². The van der Waals surface area contributed by atoms with Crippen LogP contribution in [-0.2, 0) is 28.9 Å². The molecule has 0 aliphatic heterocycles. The topological polar surface area (TPSA) is 70.2 Å². The van der Waals surface area contributed by atoms with Crippen LogP contribution in [-0.4, -0.2) is 20.7 Å². The van der Waals surface area contributed by atoms with E-state index < -0.39 is 17.7 Å². The fourth-order valence-electron chi connectivity index (χ4n) is 3.00. The van der Waals surface area contributed by atoms with Crippen LogP contribution in [0.4, 0.5) is 13.2 Å². The van der Waals surface area contributed by atoms with Gasteiger partial charge >= 0.3 is 12.1 Å². The molecule has 0 spiro atoms. The lowest BCUT2D eigenvalue weighted by Crippen LogP contribution is -2.09. The Morgan fingerprint density at radius 3 is 2.60 bits per heavy atom. The molecule has 0 saturated heterocycles. The van der Waals surface area contributed by atoms with Crippen LogP contribution in [0.25, 0.3) is 22.3 Å². The van der Waals surface area contributed by atoms with Crippen LogP contribution >= 0.6 is 0 Å². The first-order valence-corrected chi connectivity index (χ1v) is 9.10. The Morgan fingerprint density at radius 2 is 1.83 bits per heavy atom. The Labute approximate surface area is 168 Å². The lowest BCUT2D eigenvalue weighted by Gasteiger charge is -2.06. The molecule has 154 valence electrons. The number of carbonyl (C=O) groups is 1. The average Bonchev–Trinajstić information content (AvgIpc) is 3.37. The summed E-state index contributed by atoms with van der Waals surface area (Å²) < 4.78 is 50.0. The summed E-state index contributed by atoms with van der Waals surface area (Å²) in [5, 5.41) is 4.80. The Balaban J connectivity index is 1.31. The van der Waals surface area contributed by atoms with Crippen LogP contribution in [0, 0.1) is 0 Å². The second kappa shape index (κ2) is 8.02. The maximum Gasteiger partial charge on any atom is 0.416 e. The van der Waals surface area contributed by atoms with Gasteiger partial charge in [-0.2, -0.15) is 18.2 Å². The van der Waals surface area contributed by atoms with Crippen molar-refractivity contribution in [3.05, 3.63) is 72.2 Å². The zero-order valence-electron chi connectivity index (χ0n) is 15.6. The van der Waals surface area contributed by atoms with E-state index in [0.29, 0.717) is 12.1 Å². The molecule has 9 heteroatoms. The molecule has 4 aromatic rings. The van der Waals surface area contributed by atoms with Crippen molar-refractivity contribution >= 4 is 16.9 Å². The van der Waals surface area contributed by atoms with Crippen LogP contribution in [0.1, 0.15) is 17.9 Å². The van der Waals surface area contributed by atoms with Crippen molar-refractivity contribution < 1.29 is 27.2 Å². The van der Waals surface area contributed by atoms with E-state index >= 15 is 0 Å². The first-order chi connectivity index (χ1) is 14.4. The maximum absolute atomic E-state index is 12.6. The van der Waals surface area contributed by atoms with Crippen molar-refractivity contribution in [1.82, 2.24) is 14.7 Å². The molecule has 4 rings (SSSR count). The van der Waals surface area contributed by atoms with Crippen LogP contribution in [0.3, 0.4) is 0 Å². The summed E-state index contributed by atoms with van der Waals surface area (Å²) in [5.74, 6) is -0.250. The van der Waals surface area contributed by atoms with E-state index in [0.717, 1.165) is 23.0 Å². The van der Waals surface area contributed by atoms with E-state index in [4.69, 9.17) is 9.26 Å². The van der Waals surface area contributed by atoms with Crippen LogP contribution in [0.2, 0.25) is 0 Å². The van der Waals surface area contributed by atoms with Gasteiger partial charge in [0, 0.05) is 23.8 Å². The SMILES string of the molecule is O=C(CCn1ccc2ccccc21)OCc1nc(-c2ccc(C(F)(F)F)cc2)no1. The lowest BCUT2D eigenvalue weighted by atomic mass is 10.1. The predicted octanol–water partition coefficient (Wildman–Crippen LogP) is 4.84. The zero-order chi connectivity index (χ0) is 21.1. The minimum absolute atomic E-state index is 0.0599. The van der Waals surface area contributed by atoms with Gasteiger partial charge in [-0.3, -0.25) is 4.79 Å². The Bertz CT molecular complexity index is 1160. The van der Waals surface area contributed by atoms with Gasteiger partial charge in [0.15, 0.2) is 6.61 Å². The standard InChI is InChI=1S/C21H16F3N3O3/c22-21(23,24)16-7-5-15(6-8-16)20-25-18(30-26-20)13-29-19(28)10-12-27-11-9-14-3-1-2-4-17(14)27/h1-9,11H,10,12-13H2. The van der Waals surface area contributed by atoms with Crippen LogP contribution < -0.4 is 0 Å². The number of rotatable bonds is 6. The molecule has 0 amide bonds. The number of hydrogen-bond donors (Lipinski definition) is 0. The molecule has 0 atom stereocenters. The van der Waals surface area contributed by atoms with E-state index in [1.807, 2.05) is 41.1 Å². The molecule has 0 unspecified atom stereocenters. The lowest BCUT2D eigenvalue weighted by molar-refractivity contribution is -0.146. The number of fused-ring (bicyclic) bond motifs is 1. The molecular weight excluding hydrogens is 399 g/mol. The number of nitrogens with zero attached hydrogens (tertiary/aromatic N) is 3. The number of alkyl halides is 3. The van der Waals surface area contributed by atoms with E-state index in [2.05, 4.69) is 10.1 Å². The van der Waals surface area contributed by atoms with Gasteiger partial charge in [0.05, 0.1) is 12.0 Å². The molecule has 0 aliphatic rings. The number of hydrogen-bond acceptors (Lipinski definition) is 5. The zero-order valence-corrected chi connectivity index (χ0v) is 15.6. The van der Waals surface area contributed by atoms with Crippen molar-refractivity contribution in [1.29, 1.82) is 0 Å². The second-order valence-corrected chi connectivity index (χ2v) is 6.57. The summed E-state index contributed by atoms with van der Waals surface area (Å²) in [6, 6.07) is 14.2. The number of carbonyl (C=O) groups excluding carboxylic acids is 1. The second-order valence-electron chi connectivity index (χ2n) is 6.57. The quantitative estimate of drug-likeness (QED) is 0.422. The van der Waals surface area contributed by atoms with Crippen LogP contribution in [0.15, 0.2) is 65.3 Å². The molecule has 2 aromatic heterocycles. The van der Waals surface area contributed by atoms with E-state index in [1.165, 1.54) is 12.1 Å². The predicted molar refractivity (Wildman–Crippen MR) is 101 cm³/mol. The molecule has 0 aliphatic carbocycles. The number of aryl methyl sites for hydroxylation is 1. The summed E-state index contributed by atoms with van der Waals surface area (Å²) in [4.78, 5) is 16.1. The minimum atomic E-state index is -4.41. The first-order valence-electron chi connectivity index (χ1n) is 9.10. The van der Waals surface area contributed by atoms with E-state index in [1.54, 1.807) is 0 Å². The van der Waals surface area contributed by atoms with E-state index in [9.17, 15) is 18.0 Å². The van der Waals surface area contributed by atoms with Gasteiger partial charge in [-0.1, -0.05) is 35.5 Å². The number of ether oxygens (including phenoxy) is 1. The van der Waals surface area contributed by atoms with Gasteiger partial charge < -0.3 is 13.8 Å². The molecule has 0 bridgehead atoms. The summed E-state index contributed by atoms with van der Waals surface area (Å²) in [7, 11) is 0. The summed E-state index contributed by atoms with van der Waals surface area (Å²) in [6.45, 7) is 0.256. The monoisotopic (exact) mass is 415 g/mol. The molecule has 0 N–H and O–H groups in total. The molecule has 30 heavy (non-hydrogen) atoms. The van der Waals surface area contributed by atoms with E-state index in [-0.39, 0.29) is 24.7 Å². The van der Waals surface area contributed by atoms with Gasteiger partial charge in [0.2, 0.25) is 5.82 Å². The third kappa shape index (κ3) is 4.35. The highest BCUT2D eigenvalue weighted by molar-refractivity contribution is 5.80. The molecular formula is C21H16F3N3O3. The Hall–Kier alpha value is -3.62. The summed E-state index contributed by atoms with van der Waals surface area (Å²) >= 11 is 0. The third-order valence-corrected chi connectivity index (χ3v) is 4.53. The number of benzene rings is 2.